The molecule has 0 spiro atoms. The summed E-state index contributed by atoms with van der Waals surface area (Å²) in [4.78, 5) is 52.7. The Morgan fingerprint density at radius 2 is 1.49 bits per heavy atom. The summed E-state index contributed by atoms with van der Waals surface area (Å²) in [5.74, 6) is 0.551. The van der Waals surface area contributed by atoms with Gasteiger partial charge in [0.05, 0.1) is 12.0 Å². The number of likely N-dealkylation sites (N-methyl/N-ethyl adjacent to an activating group) is 1. The monoisotopic (exact) mass is 613 g/mol. The van der Waals surface area contributed by atoms with Crippen molar-refractivity contribution in [2.75, 3.05) is 52.9 Å². The molecule has 0 aromatic heterocycles. The predicted octanol–water partition coefficient (Wildman–Crippen LogP) is 4.32. The summed E-state index contributed by atoms with van der Waals surface area (Å²) in [7, 11) is 2.08. The standard InChI is InChI=1S/C34H52ClN5O3/c1-23-7-13-27(14-8-23)40(24(2)41)28-19-31(33(43)37-17-15-36(6)16-18-37)39(20-28)32(42)30-22-38(34(3,4)5)21-29(30)25-9-11-26(35)12-10-25/h9-12,23,27-31H,7-8,13-22H2,1-6H3/t23?,27?,28-,29-,30+,31+/m0/s1. The number of likely N-dealkylation sites (tertiary alicyclic amines) is 2. The number of rotatable bonds is 5. The largest absolute Gasteiger partial charge is 0.338 e. The minimum atomic E-state index is -0.542. The van der Waals surface area contributed by atoms with E-state index < -0.39 is 6.04 Å². The van der Waals surface area contributed by atoms with Gasteiger partial charge >= 0.3 is 0 Å². The molecule has 9 heteroatoms. The average molecular weight is 614 g/mol. The number of halogens is 1. The highest BCUT2D eigenvalue weighted by molar-refractivity contribution is 6.30. The number of carbonyl (C=O) groups is 3. The molecule has 0 N–H and O–H groups in total. The van der Waals surface area contributed by atoms with Gasteiger partial charge in [-0.2, -0.15) is 0 Å². The molecule has 43 heavy (non-hydrogen) atoms. The van der Waals surface area contributed by atoms with E-state index in [4.69, 9.17) is 11.6 Å². The SMILES string of the molecule is CC(=O)N(C1CCC(C)CC1)[C@H]1C[C@H](C(=O)N2CCN(C)CC2)N(C(=O)[C@@H]2CN(C(C)(C)C)C[C@H]2c2ccc(Cl)cc2)C1. The number of hydrogen-bond acceptors (Lipinski definition) is 5. The first kappa shape index (κ1) is 32.2. The van der Waals surface area contributed by atoms with E-state index in [1.165, 1.54) is 0 Å². The normalized spacial score (nSPS) is 31.0. The second kappa shape index (κ2) is 13.1. The van der Waals surface area contributed by atoms with Gasteiger partial charge in [-0.25, -0.2) is 0 Å². The van der Waals surface area contributed by atoms with Crippen molar-refractivity contribution in [3.8, 4) is 0 Å². The first-order chi connectivity index (χ1) is 20.3. The molecule has 238 valence electrons. The Morgan fingerprint density at radius 1 is 0.860 bits per heavy atom. The maximum absolute atomic E-state index is 14.8. The summed E-state index contributed by atoms with van der Waals surface area (Å²) < 4.78 is 0. The zero-order chi connectivity index (χ0) is 31.1. The van der Waals surface area contributed by atoms with E-state index in [9.17, 15) is 14.4 Å². The van der Waals surface area contributed by atoms with Crippen LogP contribution < -0.4 is 0 Å². The van der Waals surface area contributed by atoms with Gasteiger partial charge in [-0.05, 0) is 83.5 Å². The average Bonchev–Trinajstić information content (AvgIpc) is 3.60. The van der Waals surface area contributed by atoms with E-state index in [1.807, 2.05) is 34.1 Å². The lowest BCUT2D eigenvalue weighted by Gasteiger charge is -2.39. The molecule has 1 aromatic rings. The Balaban J connectivity index is 1.45. The van der Waals surface area contributed by atoms with Crippen molar-refractivity contribution in [3.63, 3.8) is 0 Å². The zero-order valence-electron chi connectivity index (χ0n) is 27.1. The molecule has 5 rings (SSSR count). The fourth-order valence-corrected chi connectivity index (χ4v) is 8.05. The van der Waals surface area contributed by atoms with Crippen LogP contribution >= 0.6 is 11.6 Å². The van der Waals surface area contributed by atoms with Crippen molar-refractivity contribution in [1.82, 2.24) is 24.5 Å². The van der Waals surface area contributed by atoms with Crippen LogP contribution in [0.15, 0.2) is 24.3 Å². The van der Waals surface area contributed by atoms with Gasteiger partial charge in [0.15, 0.2) is 0 Å². The molecule has 0 radical (unpaired) electrons. The lowest BCUT2D eigenvalue weighted by atomic mass is 9.86. The molecule has 0 unspecified atom stereocenters. The van der Waals surface area contributed by atoms with Gasteiger partial charge in [-0.3, -0.25) is 19.3 Å². The molecule has 0 bridgehead atoms. The van der Waals surface area contributed by atoms with E-state index in [0.717, 1.165) is 50.9 Å². The van der Waals surface area contributed by atoms with Gasteiger partial charge < -0.3 is 19.6 Å². The molecule has 1 aliphatic carbocycles. The number of nitrogens with zero attached hydrogens (tertiary/aromatic N) is 5. The fraction of sp³-hybridized carbons (Fsp3) is 0.735. The van der Waals surface area contributed by atoms with E-state index >= 15 is 0 Å². The topological polar surface area (TPSA) is 67.4 Å². The van der Waals surface area contributed by atoms with Gasteiger partial charge in [0.25, 0.3) is 0 Å². The number of benzene rings is 1. The molecule has 4 fully saturated rings. The van der Waals surface area contributed by atoms with E-state index in [2.05, 4.69) is 49.4 Å². The molecular weight excluding hydrogens is 562 g/mol. The molecule has 8 nitrogen and oxygen atoms in total. The number of amides is 3. The van der Waals surface area contributed by atoms with E-state index in [1.54, 1.807) is 6.92 Å². The molecule has 3 heterocycles. The third-order valence-corrected chi connectivity index (χ3v) is 10.9. The van der Waals surface area contributed by atoms with Gasteiger partial charge in [0, 0.05) is 75.3 Å². The van der Waals surface area contributed by atoms with Crippen LogP contribution in [0.1, 0.15) is 78.2 Å². The highest BCUT2D eigenvalue weighted by atomic mass is 35.5. The zero-order valence-corrected chi connectivity index (χ0v) is 27.9. The highest BCUT2D eigenvalue weighted by Crippen LogP contribution is 2.40. The molecule has 3 saturated heterocycles. The second-order valence-corrected chi connectivity index (χ2v) is 15.1. The van der Waals surface area contributed by atoms with Crippen molar-refractivity contribution in [2.45, 2.75) is 96.3 Å². The van der Waals surface area contributed by atoms with Crippen LogP contribution in [0.3, 0.4) is 0 Å². The maximum atomic E-state index is 14.8. The quantitative estimate of drug-likeness (QED) is 0.495. The Labute approximate surface area is 263 Å². The third-order valence-electron chi connectivity index (χ3n) is 10.7. The summed E-state index contributed by atoms with van der Waals surface area (Å²) in [6, 6.07) is 7.38. The fourth-order valence-electron chi connectivity index (χ4n) is 7.93. The summed E-state index contributed by atoms with van der Waals surface area (Å²) in [6.07, 6.45) is 4.72. The molecular formula is C34H52ClN5O3. The molecule has 3 amide bonds. The van der Waals surface area contributed by atoms with E-state index in [-0.39, 0.29) is 47.2 Å². The van der Waals surface area contributed by atoms with Crippen molar-refractivity contribution in [1.29, 1.82) is 0 Å². The van der Waals surface area contributed by atoms with Crippen molar-refractivity contribution < 1.29 is 14.4 Å². The highest BCUT2D eigenvalue weighted by Gasteiger charge is 2.50. The van der Waals surface area contributed by atoms with Crippen LogP contribution in [-0.4, -0.2) is 119 Å². The number of carbonyl (C=O) groups excluding carboxylic acids is 3. The smallest absolute Gasteiger partial charge is 0.245 e. The van der Waals surface area contributed by atoms with Gasteiger partial charge in [0.2, 0.25) is 17.7 Å². The second-order valence-electron chi connectivity index (χ2n) is 14.7. The van der Waals surface area contributed by atoms with Crippen LogP contribution in [0, 0.1) is 11.8 Å². The molecule has 4 atom stereocenters. The summed E-state index contributed by atoms with van der Waals surface area (Å²) in [5.41, 5.74) is 1.01. The van der Waals surface area contributed by atoms with Gasteiger partial charge in [-0.15, -0.1) is 0 Å². The van der Waals surface area contributed by atoms with Crippen LogP contribution in [0.4, 0.5) is 0 Å². The van der Waals surface area contributed by atoms with Crippen molar-refractivity contribution in [2.24, 2.45) is 11.8 Å². The lowest BCUT2D eigenvalue weighted by Crippen LogP contribution is -2.54. The van der Waals surface area contributed by atoms with Crippen molar-refractivity contribution in [3.05, 3.63) is 34.9 Å². The summed E-state index contributed by atoms with van der Waals surface area (Å²) >= 11 is 6.24. The molecule has 3 aliphatic heterocycles. The Kier molecular flexibility index (Phi) is 9.79. The third kappa shape index (κ3) is 7.07. The van der Waals surface area contributed by atoms with Crippen LogP contribution in [0.2, 0.25) is 5.02 Å². The lowest BCUT2D eigenvalue weighted by molar-refractivity contribution is -0.147. The first-order valence-electron chi connectivity index (χ1n) is 16.4. The van der Waals surface area contributed by atoms with Crippen molar-refractivity contribution >= 4 is 29.3 Å². The Bertz CT molecular complexity index is 1150. The minimum absolute atomic E-state index is 0.00572. The summed E-state index contributed by atoms with van der Waals surface area (Å²) in [6.45, 7) is 15.4. The first-order valence-corrected chi connectivity index (χ1v) is 16.8. The van der Waals surface area contributed by atoms with Crippen LogP contribution in [0.5, 0.6) is 0 Å². The van der Waals surface area contributed by atoms with Crippen LogP contribution in [-0.2, 0) is 14.4 Å². The molecule has 4 aliphatic rings. The van der Waals surface area contributed by atoms with Crippen LogP contribution in [0.25, 0.3) is 0 Å². The number of hydrogen-bond donors (Lipinski definition) is 0. The Morgan fingerprint density at radius 3 is 2.07 bits per heavy atom. The Hall–Kier alpha value is -2.16. The maximum Gasteiger partial charge on any atom is 0.245 e. The molecule has 1 saturated carbocycles. The molecule has 1 aromatic carbocycles. The summed E-state index contributed by atoms with van der Waals surface area (Å²) in [5, 5.41) is 0.680. The number of piperazine rings is 1. The van der Waals surface area contributed by atoms with Gasteiger partial charge in [0.1, 0.15) is 6.04 Å². The van der Waals surface area contributed by atoms with Gasteiger partial charge in [-0.1, -0.05) is 30.7 Å². The minimum Gasteiger partial charge on any atom is -0.338 e. The van der Waals surface area contributed by atoms with E-state index in [0.29, 0.717) is 43.5 Å². The predicted molar refractivity (Wildman–Crippen MR) is 171 cm³/mol.